The van der Waals surface area contributed by atoms with Crippen LogP contribution in [0, 0.1) is 22.7 Å². The number of hydrogen-bond acceptors (Lipinski definition) is 7. The fraction of sp³-hybridized carbons (Fsp3) is 0. The summed E-state index contributed by atoms with van der Waals surface area (Å²) in [6.07, 6.45) is 0. The van der Waals surface area contributed by atoms with Crippen LogP contribution >= 0.6 is 0 Å². The lowest BCUT2D eigenvalue weighted by atomic mass is 9.84. The van der Waals surface area contributed by atoms with Crippen LogP contribution in [0.5, 0.6) is 0 Å². The molecule has 55 heavy (non-hydrogen) atoms. The maximum absolute atomic E-state index is 14.6. The van der Waals surface area contributed by atoms with Crippen molar-refractivity contribution in [1.82, 2.24) is 0 Å². The number of nitriles is 2. The minimum atomic E-state index is -1.44. The fourth-order valence-electron chi connectivity index (χ4n) is 8.72. The largest absolute Gasteiger partial charge is 0.478 e. The van der Waals surface area contributed by atoms with E-state index in [1.54, 1.807) is 72.8 Å². The van der Waals surface area contributed by atoms with E-state index in [1.165, 1.54) is 12.1 Å². The number of fused-ring (bicyclic) bond motifs is 4. The van der Waals surface area contributed by atoms with Gasteiger partial charge in [0.25, 0.3) is 0 Å². The third-order valence-electron chi connectivity index (χ3n) is 10.8. The third kappa shape index (κ3) is 4.15. The molecule has 0 saturated heterocycles. The molecule has 0 radical (unpaired) electrons. The van der Waals surface area contributed by atoms with Gasteiger partial charge >= 0.3 is 23.9 Å². The first-order valence-corrected chi connectivity index (χ1v) is 17.1. The zero-order valence-electron chi connectivity index (χ0n) is 28.2. The van der Waals surface area contributed by atoms with Gasteiger partial charge in [0.2, 0.25) is 0 Å². The molecule has 0 spiro atoms. The maximum Gasteiger partial charge on any atom is 0.347 e. The molecule has 10 aromatic carbocycles. The summed E-state index contributed by atoms with van der Waals surface area (Å²) in [4.78, 5) is 55.2. The van der Waals surface area contributed by atoms with Gasteiger partial charge in [0.1, 0.15) is 0 Å². The predicted molar refractivity (Wildman–Crippen MR) is 208 cm³/mol. The third-order valence-corrected chi connectivity index (χ3v) is 10.8. The van der Waals surface area contributed by atoms with Gasteiger partial charge in [-0.05, 0) is 88.9 Å². The Kier molecular flexibility index (Phi) is 6.42. The molecular formula is C46H20N2O7. The van der Waals surface area contributed by atoms with Crippen molar-refractivity contribution in [3.8, 4) is 12.1 Å². The van der Waals surface area contributed by atoms with Crippen molar-refractivity contribution in [2.75, 3.05) is 0 Å². The molecule has 256 valence electrons. The van der Waals surface area contributed by atoms with Crippen LogP contribution in [0.1, 0.15) is 52.6 Å². The Morgan fingerprint density at radius 1 is 0.436 bits per heavy atom. The lowest BCUT2D eigenvalue weighted by Crippen LogP contribution is -2.19. The van der Waals surface area contributed by atoms with Crippen LogP contribution in [0.4, 0.5) is 0 Å². The van der Waals surface area contributed by atoms with Gasteiger partial charge < -0.3 is 14.9 Å². The quantitative estimate of drug-likeness (QED) is 0.0781. The molecule has 0 unspecified atom stereocenters. The number of hydrogen-bond donors (Lipinski definition) is 2. The van der Waals surface area contributed by atoms with E-state index in [2.05, 4.69) is 12.1 Å². The van der Waals surface area contributed by atoms with Crippen molar-refractivity contribution in [2.24, 2.45) is 0 Å². The molecule has 0 saturated carbocycles. The van der Waals surface area contributed by atoms with E-state index >= 15 is 0 Å². The van der Waals surface area contributed by atoms with Crippen LogP contribution in [0.3, 0.4) is 0 Å². The van der Waals surface area contributed by atoms with Gasteiger partial charge in [-0.25, -0.2) is 19.2 Å². The van der Waals surface area contributed by atoms with Crippen molar-refractivity contribution >= 4 is 110 Å². The second-order valence-electron chi connectivity index (χ2n) is 13.4. The Hall–Kier alpha value is -8.14. The zero-order chi connectivity index (χ0) is 37.9. The Morgan fingerprint density at radius 3 is 1.20 bits per heavy atom. The molecule has 0 bridgehead atoms. The van der Waals surface area contributed by atoms with Crippen LogP contribution in [-0.4, -0.2) is 34.1 Å². The first-order valence-electron chi connectivity index (χ1n) is 17.1. The van der Waals surface area contributed by atoms with Crippen molar-refractivity contribution < 1.29 is 34.1 Å². The molecular weight excluding hydrogens is 693 g/mol. The summed E-state index contributed by atoms with van der Waals surface area (Å²) in [6, 6.07) is 35.3. The molecule has 0 aliphatic rings. The van der Waals surface area contributed by atoms with Crippen molar-refractivity contribution in [2.45, 2.75) is 0 Å². The van der Waals surface area contributed by atoms with Gasteiger partial charge in [-0.1, -0.05) is 84.9 Å². The number of carboxylic acid groups (broad SMARTS) is 2. The summed E-state index contributed by atoms with van der Waals surface area (Å²) >= 11 is 0. The number of benzene rings is 10. The van der Waals surface area contributed by atoms with Gasteiger partial charge in [-0.2, -0.15) is 10.5 Å². The van der Waals surface area contributed by atoms with Gasteiger partial charge in [-0.15, -0.1) is 0 Å². The Labute approximate surface area is 308 Å². The first kappa shape index (κ1) is 31.6. The molecule has 0 amide bonds. The van der Waals surface area contributed by atoms with Crippen LogP contribution < -0.4 is 0 Å². The number of carbonyl (C=O) groups is 4. The molecule has 0 aromatic heterocycles. The van der Waals surface area contributed by atoms with E-state index < -0.39 is 35.0 Å². The second-order valence-corrected chi connectivity index (χ2v) is 13.4. The van der Waals surface area contributed by atoms with E-state index in [9.17, 15) is 39.9 Å². The smallest absolute Gasteiger partial charge is 0.347 e. The van der Waals surface area contributed by atoms with E-state index in [-0.39, 0.29) is 21.9 Å². The molecule has 0 atom stereocenters. The highest BCUT2D eigenvalue weighted by atomic mass is 16.6. The highest BCUT2D eigenvalue weighted by Gasteiger charge is 2.32. The summed E-state index contributed by atoms with van der Waals surface area (Å²) < 4.78 is 5.66. The molecule has 0 aliphatic carbocycles. The summed E-state index contributed by atoms with van der Waals surface area (Å²) in [5, 5.41) is 50.0. The number of nitrogens with zero attached hydrogens (tertiary/aromatic N) is 2. The van der Waals surface area contributed by atoms with Gasteiger partial charge in [0, 0.05) is 21.5 Å². The summed E-state index contributed by atoms with van der Waals surface area (Å²) in [7, 11) is 0. The molecule has 9 heteroatoms. The Balaban J connectivity index is 1.28. The van der Waals surface area contributed by atoms with Crippen molar-refractivity contribution in [3.63, 3.8) is 0 Å². The summed E-state index contributed by atoms with van der Waals surface area (Å²) in [5.74, 6) is -5.46. The molecule has 9 nitrogen and oxygen atoms in total. The standard InChI is InChI=1S/C46H20N2O7/c47-19-23-13-15-29-27-9-1-5-21-17-33(43(49)50)41(39(35(21)27)31-11-3-7-25(23)37(29)31)45(53)55-46(54)42-34(44(51)52)18-22-6-2-10-28-30-16-14-24(20-48)26-8-4-12-32(38(26)30)40(42)36(22)28/h1-18H,(H,49,50)(H,51,52). The van der Waals surface area contributed by atoms with Gasteiger partial charge in [-0.3, -0.25) is 0 Å². The monoisotopic (exact) mass is 712 g/mol. The topological polar surface area (TPSA) is 166 Å². The average Bonchev–Trinajstić information content (AvgIpc) is 3.20. The van der Waals surface area contributed by atoms with E-state index in [0.29, 0.717) is 75.8 Å². The molecule has 0 fully saturated rings. The second kappa shape index (κ2) is 11.2. The normalized spacial score (nSPS) is 11.7. The molecule has 10 rings (SSSR count). The fourth-order valence-corrected chi connectivity index (χ4v) is 8.72. The number of carbonyl (C=O) groups excluding carboxylic acids is 2. The van der Waals surface area contributed by atoms with E-state index in [1.807, 2.05) is 24.3 Å². The van der Waals surface area contributed by atoms with Crippen LogP contribution in [0.25, 0.3) is 86.2 Å². The highest BCUT2D eigenvalue weighted by molar-refractivity contribution is 6.39. The summed E-state index contributed by atoms with van der Waals surface area (Å²) in [5.41, 5.74) is -0.849. The van der Waals surface area contributed by atoms with Crippen LogP contribution in [0.2, 0.25) is 0 Å². The number of aromatic carboxylic acids is 2. The first-order chi connectivity index (χ1) is 26.7. The zero-order valence-corrected chi connectivity index (χ0v) is 28.2. The number of esters is 2. The Bertz CT molecular complexity index is 3300. The SMILES string of the molecule is N#Cc1ccc2c3cccc4cc(C(=O)O)c(C(=O)OC(=O)c5c(C(=O)O)cc6cccc7c8ccc(C#N)c9cccc(c5c67)c98)c(c5cccc1c25)c43. The molecule has 0 heterocycles. The van der Waals surface area contributed by atoms with Gasteiger partial charge in [0.05, 0.1) is 45.5 Å². The maximum atomic E-state index is 14.6. The predicted octanol–water partition coefficient (Wildman–Crippen LogP) is 9.92. The van der Waals surface area contributed by atoms with Crippen LogP contribution in [0.15, 0.2) is 109 Å². The average molecular weight is 713 g/mol. The van der Waals surface area contributed by atoms with Crippen molar-refractivity contribution in [3.05, 3.63) is 143 Å². The number of ether oxygens (including phenoxy) is 1. The van der Waals surface area contributed by atoms with Crippen molar-refractivity contribution in [1.29, 1.82) is 10.5 Å². The number of rotatable bonds is 4. The summed E-state index contributed by atoms with van der Waals surface area (Å²) in [6.45, 7) is 0. The minimum Gasteiger partial charge on any atom is -0.478 e. The Morgan fingerprint density at radius 2 is 0.800 bits per heavy atom. The lowest BCUT2D eigenvalue weighted by molar-refractivity contribution is 0.0390. The van der Waals surface area contributed by atoms with E-state index in [0.717, 1.165) is 10.8 Å². The van der Waals surface area contributed by atoms with Gasteiger partial charge in [0.15, 0.2) is 0 Å². The van der Waals surface area contributed by atoms with Crippen LogP contribution in [-0.2, 0) is 4.74 Å². The molecule has 2 N–H and O–H groups in total. The minimum absolute atomic E-state index is 0.222. The van der Waals surface area contributed by atoms with E-state index in [4.69, 9.17) is 4.74 Å². The molecule has 0 aliphatic heterocycles. The molecule has 10 aromatic rings. The highest BCUT2D eigenvalue weighted by Crippen LogP contribution is 2.46. The lowest BCUT2D eigenvalue weighted by Gasteiger charge is -2.20. The number of carboxylic acids is 2.